The maximum Gasteiger partial charge on any atom is 0.253 e. The van der Waals surface area contributed by atoms with E-state index in [9.17, 15) is 14.9 Å². The van der Waals surface area contributed by atoms with Crippen LogP contribution < -0.4 is 11.1 Å². The molecule has 1 aliphatic heterocycles. The van der Waals surface area contributed by atoms with Gasteiger partial charge in [-0.2, -0.15) is 5.26 Å². The summed E-state index contributed by atoms with van der Waals surface area (Å²) < 4.78 is 0. The first-order valence-corrected chi connectivity index (χ1v) is 12.4. The quantitative estimate of drug-likeness (QED) is 0.427. The molecule has 186 valence electrons. The fraction of sp³-hybridized carbons (Fsp3) is 0.241. The van der Waals surface area contributed by atoms with E-state index in [0.717, 1.165) is 40.3 Å². The topological polar surface area (TPSA) is 115 Å². The first-order chi connectivity index (χ1) is 18.1. The smallest absolute Gasteiger partial charge is 0.253 e. The summed E-state index contributed by atoms with van der Waals surface area (Å²) >= 11 is 0. The van der Waals surface area contributed by atoms with Crippen molar-refractivity contribution >= 4 is 39.2 Å². The Balaban J connectivity index is 1.23. The van der Waals surface area contributed by atoms with Crippen molar-refractivity contribution in [3.63, 3.8) is 0 Å². The number of carbonyl (C=O) groups excluding carboxylic acids is 2. The minimum absolute atomic E-state index is 0.000494. The summed E-state index contributed by atoms with van der Waals surface area (Å²) in [5.41, 5.74) is 9.71. The summed E-state index contributed by atoms with van der Waals surface area (Å²) in [7, 11) is 0. The molecule has 3 N–H and O–H groups in total. The molecule has 1 saturated heterocycles. The van der Waals surface area contributed by atoms with E-state index in [1.54, 1.807) is 22.1 Å². The van der Waals surface area contributed by atoms with Crippen LogP contribution in [0, 0.1) is 11.3 Å². The van der Waals surface area contributed by atoms with Crippen molar-refractivity contribution in [2.45, 2.75) is 6.42 Å². The number of carbonyl (C=O) groups is 2. The lowest BCUT2D eigenvalue weighted by Gasteiger charge is -2.34. The summed E-state index contributed by atoms with van der Waals surface area (Å²) in [6.45, 7) is 2.79. The third-order valence-electron chi connectivity index (χ3n) is 6.85. The third kappa shape index (κ3) is 5.22. The Bertz CT molecular complexity index is 1520. The SMILES string of the molecule is N#Cc1ccc2nccc(NCCc3ccc4cc(C(=O)N5CCN(C(=O)CN)CC5)ccc4c3)c2c1. The van der Waals surface area contributed by atoms with E-state index < -0.39 is 0 Å². The second kappa shape index (κ2) is 10.6. The number of piperazine rings is 1. The number of anilines is 1. The molecule has 8 heteroatoms. The summed E-state index contributed by atoms with van der Waals surface area (Å²) in [6.07, 6.45) is 2.59. The number of pyridine rings is 1. The molecule has 3 aromatic carbocycles. The number of amides is 2. The van der Waals surface area contributed by atoms with E-state index in [1.807, 2.05) is 36.4 Å². The van der Waals surface area contributed by atoms with Crippen molar-refractivity contribution in [2.75, 3.05) is 44.6 Å². The van der Waals surface area contributed by atoms with Crippen molar-refractivity contribution in [3.8, 4) is 6.07 Å². The average Bonchev–Trinajstić information content (AvgIpc) is 2.96. The molecule has 0 bridgehead atoms. The largest absolute Gasteiger partial charge is 0.384 e. The van der Waals surface area contributed by atoms with Gasteiger partial charge in [0.25, 0.3) is 5.91 Å². The van der Waals surface area contributed by atoms with Crippen LogP contribution >= 0.6 is 0 Å². The van der Waals surface area contributed by atoms with Crippen LogP contribution in [0.2, 0.25) is 0 Å². The summed E-state index contributed by atoms with van der Waals surface area (Å²) in [6, 6.07) is 21.7. The molecule has 2 amide bonds. The highest BCUT2D eigenvalue weighted by Gasteiger charge is 2.24. The van der Waals surface area contributed by atoms with E-state index in [2.05, 4.69) is 34.6 Å². The number of nitrogens with one attached hydrogen (secondary N) is 1. The lowest BCUT2D eigenvalue weighted by atomic mass is 10.0. The van der Waals surface area contributed by atoms with Crippen LogP contribution in [-0.2, 0) is 11.2 Å². The molecule has 0 aliphatic carbocycles. The normalized spacial score (nSPS) is 13.5. The predicted molar refractivity (Wildman–Crippen MR) is 144 cm³/mol. The van der Waals surface area contributed by atoms with Gasteiger partial charge in [-0.15, -0.1) is 0 Å². The van der Waals surface area contributed by atoms with Gasteiger partial charge in [0.05, 0.1) is 23.7 Å². The number of nitrogens with two attached hydrogens (primary N) is 1. The van der Waals surface area contributed by atoms with Crippen molar-refractivity contribution < 1.29 is 9.59 Å². The van der Waals surface area contributed by atoms with Gasteiger partial charge in [-0.1, -0.05) is 24.3 Å². The molecule has 0 unspecified atom stereocenters. The fourth-order valence-electron chi connectivity index (χ4n) is 4.77. The number of aromatic nitrogens is 1. The van der Waals surface area contributed by atoms with Crippen LogP contribution in [0.5, 0.6) is 0 Å². The van der Waals surface area contributed by atoms with Crippen molar-refractivity contribution in [1.82, 2.24) is 14.8 Å². The summed E-state index contributed by atoms with van der Waals surface area (Å²) in [5.74, 6) is -0.0924. The van der Waals surface area contributed by atoms with Gasteiger partial charge in [0.15, 0.2) is 0 Å². The van der Waals surface area contributed by atoms with Crippen LogP contribution in [-0.4, -0.2) is 65.9 Å². The van der Waals surface area contributed by atoms with Crippen LogP contribution in [0.3, 0.4) is 0 Å². The third-order valence-corrected chi connectivity index (χ3v) is 6.85. The lowest BCUT2D eigenvalue weighted by Crippen LogP contribution is -2.51. The van der Waals surface area contributed by atoms with Gasteiger partial charge >= 0.3 is 0 Å². The molecular formula is C29H28N6O2. The van der Waals surface area contributed by atoms with Gasteiger partial charge in [0.1, 0.15) is 0 Å². The summed E-state index contributed by atoms with van der Waals surface area (Å²) in [5, 5.41) is 15.7. The zero-order valence-corrected chi connectivity index (χ0v) is 20.5. The predicted octanol–water partition coefficient (Wildman–Crippen LogP) is 3.16. The van der Waals surface area contributed by atoms with E-state index in [0.29, 0.717) is 37.3 Å². The Morgan fingerprint density at radius 3 is 2.49 bits per heavy atom. The van der Waals surface area contributed by atoms with Gasteiger partial charge in [-0.25, -0.2) is 0 Å². The summed E-state index contributed by atoms with van der Waals surface area (Å²) in [4.78, 5) is 32.7. The van der Waals surface area contributed by atoms with Gasteiger partial charge in [0, 0.05) is 55.6 Å². The number of hydrogen-bond donors (Lipinski definition) is 2. The molecule has 5 rings (SSSR count). The maximum atomic E-state index is 13.0. The Morgan fingerprint density at radius 2 is 1.70 bits per heavy atom. The molecule has 2 heterocycles. The fourth-order valence-corrected chi connectivity index (χ4v) is 4.77. The second-order valence-electron chi connectivity index (χ2n) is 9.15. The minimum Gasteiger partial charge on any atom is -0.384 e. The highest BCUT2D eigenvalue weighted by atomic mass is 16.2. The average molecular weight is 493 g/mol. The van der Waals surface area contributed by atoms with E-state index in [-0.39, 0.29) is 18.4 Å². The van der Waals surface area contributed by atoms with E-state index >= 15 is 0 Å². The molecule has 0 radical (unpaired) electrons. The first-order valence-electron chi connectivity index (χ1n) is 12.4. The molecule has 37 heavy (non-hydrogen) atoms. The molecule has 4 aromatic rings. The Morgan fingerprint density at radius 1 is 0.946 bits per heavy atom. The van der Waals surface area contributed by atoms with Crippen LogP contribution in [0.25, 0.3) is 21.7 Å². The van der Waals surface area contributed by atoms with E-state index in [1.165, 1.54) is 5.56 Å². The highest BCUT2D eigenvalue weighted by molar-refractivity contribution is 5.99. The molecule has 1 fully saturated rings. The molecule has 0 saturated carbocycles. The molecule has 8 nitrogen and oxygen atoms in total. The van der Waals surface area contributed by atoms with Crippen molar-refractivity contribution in [3.05, 3.63) is 83.6 Å². The molecule has 1 aliphatic rings. The lowest BCUT2D eigenvalue weighted by molar-refractivity contribution is -0.131. The Hall–Kier alpha value is -4.48. The van der Waals surface area contributed by atoms with Gasteiger partial charge < -0.3 is 20.9 Å². The number of fused-ring (bicyclic) bond motifs is 2. The van der Waals surface area contributed by atoms with E-state index in [4.69, 9.17) is 5.73 Å². The van der Waals surface area contributed by atoms with Gasteiger partial charge in [-0.05, 0) is 59.2 Å². The number of hydrogen-bond acceptors (Lipinski definition) is 6. The Labute approximate surface area is 215 Å². The molecule has 0 spiro atoms. The highest BCUT2D eigenvalue weighted by Crippen LogP contribution is 2.24. The Kier molecular flexibility index (Phi) is 6.97. The van der Waals surface area contributed by atoms with Crippen LogP contribution in [0.1, 0.15) is 21.5 Å². The zero-order valence-electron chi connectivity index (χ0n) is 20.5. The number of nitriles is 1. The van der Waals surface area contributed by atoms with Gasteiger partial charge in [0.2, 0.25) is 5.91 Å². The van der Waals surface area contributed by atoms with Gasteiger partial charge in [-0.3, -0.25) is 14.6 Å². The van der Waals surface area contributed by atoms with Crippen molar-refractivity contribution in [2.24, 2.45) is 5.73 Å². The minimum atomic E-state index is -0.0777. The number of benzene rings is 3. The standard InChI is InChI=1S/C29H28N6O2/c30-18-21-2-6-26-25(16-21)27(8-10-33-26)32-9-7-20-1-3-23-17-24(5-4-22(23)15-20)29(37)35-13-11-34(12-14-35)28(36)19-31/h1-6,8,10,15-17H,7,9,11-14,19,31H2,(H,32,33). The zero-order chi connectivity index (χ0) is 25.8. The van der Waals surface area contributed by atoms with Crippen molar-refractivity contribution in [1.29, 1.82) is 5.26 Å². The second-order valence-corrected chi connectivity index (χ2v) is 9.15. The molecular weight excluding hydrogens is 464 g/mol. The number of rotatable bonds is 6. The maximum absolute atomic E-state index is 13.0. The molecule has 0 atom stereocenters. The first kappa shape index (κ1) is 24.2. The monoisotopic (exact) mass is 492 g/mol. The molecule has 1 aromatic heterocycles. The number of nitrogens with zero attached hydrogens (tertiary/aromatic N) is 4. The van der Waals surface area contributed by atoms with Crippen LogP contribution in [0.15, 0.2) is 66.9 Å². The van der Waals surface area contributed by atoms with Crippen LogP contribution in [0.4, 0.5) is 5.69 Å².